The van der Waals surface area contributed by atoms with Gasteiger partial charge in [0.2, 0.25) is 5.91 Å². The lowest BCUT2D eigenvalue weighted by atomic mass is 10.1. The second-order valence-electron chi connectivity index (χ2n) is 4.86. The Morgan fingerprint density at radius 1 is 1.38 bits per heavy atom. The van der Waals surface area contributed by atoms with E-state index in [2.05, 4.69) is 5.32 Å². The van der Waals surface area contributed by atoms with E-state index in [0.29, 0.717) is 18.7 Å². The second-order valence-corrected chi connectivity index (χ2v) is 4.86. The molecule has 0 radical (unpaired) electrons. The first-order valence-corrected chi connectivity index (χ1v) is 6.53. The molecule has 0 saturated carbocycles. The van der Waals surface area contributed by atoms with Gasteiger partial charge in [0.05, 0.1) is 5.56 Å². The standard InChI is InChI=1S/C14H17N3O4/c1-15-12(18)8-16(2)14(21)17-6-5-9-3-4-10(13(19)20)7-11(9)17/h3-4,7H,5-6,8H2,1-2H3,(H,15,18)(H,19,20). The number of carbonyl (C=O) groups excluding carboxylic acids is 2. The topological polar surface area (TPSA) is 90.0 Å². The van der Waals surface area contributed by atoms with Crippen molar-refractivity contribution in [3.63, 3.8) is 0 Å². The zero-order chi connectivity index (χ0) is 15.6. The van der Waals surface area contributed by atoms with Crippen LogP contribution in [0.5, 0.6) is 0 Å². The van der Waals surface area contributed by atoms with Crippen LogP contribution in [0.15, 0.2) is 18.2 Å². The summed E-state index contributed by atoms with van der Waals surface area (Å²) in [6.45, 7) is 0.440. The van der Waals surface area contributed by atoms with Gasteiger partial charge in [-0.2, -0.15) is 0 Å². The third kappa shape index (κ3) is 2.96. The van der Waals surface area contributed by atoms with Crippen molar-refractivity contribution in [2.45, 2.75) is 6.42 Å². The number of urea groups is 1. The summed E-state index contributed by atoms with van der Waals surface area (Å²) in [7, 11) is 3.04. The summed E-state index contributed by atoms with van der Waals surface area (Å²) in [5.41, 5.74) is 1.67. The highest BCUT2D eigenvalue weighted by atomic mass is 16.4. The molecule has 1 aliphatic heterocycles. The van der Waals surface area contributed by atoms with Crippen LogP contribution in [-0.2, 0) is 11.2 Å². The first-order chi connectivity index (χ1) is 9.93. The van der Waals surface area contributed by atoms with Crippen LogP contribution in [0.1, 0.15) is 15.9 Å². The molecular weight excluding hydrogens is 274 g/mol. The van der Waals surface area contributed by atoms with Gasteiger partial charge in [-0.3, -0.25) is 9.69 Å². The summed E-state index contributed by atoms with van der Waals surface area (Å²) in [6.07, 6.45) is 0.675. The van der Waals surface area contributed by atoms with Gasteiger partial charge in [0.15, 0.2) is 0 Å². The molecular formula is C14H17N3O4. The number of anilines is 1. The summed E-state index contributed by atoms with van der Waals surface area (Å²) >= 11 is 0. The summed E-state index contributed by atoms with van der Waals surface area (Å²) in [5, 5.41) is 11.5. The van der Waals surface area contributed by atoms with Gasteiger partial charge in [0, 0.05) is 26.3 Å². The van der Waals surface area contributed by atoms with E-state index < -0.39 is 5.97 Å². The third-order valence-corrected chi connectivity index (χ3v) is 3.44. The molecule has 1 aliphatic rings. The van der Waals surface area contributed by atoms with Gasteiger partial charge in [0.1, 0.15) is 6.54 Å². The molecule has 0 saturated heterocycles. The summed E-state index contributed by atoms with van der Waals surface area (Å²) < 4.78 is 0. The minimum absolute atomic E-state index is 0.0419. The highest BCUT2D eigenvalue weighted by Gasteiger charge is 2.28. The van der Waals surface area contributed by atoms with Crippen LogP contribution in [0.3, 0.4) is 0 Å². The average Bonchev–Trinajstić information content (AvgIpc) is 2.88. The molecule has 0 aliphatic carbocycles. The van der Waals surface area contributed by atoms with Crippen LogP contribution in [0.25, 0.3) is 0 Å². The van der Waals surface area contributed by atoms with Gasteiger partial charge < -0.3 is 15.3 Å². The van der Waals surface area contributed by atoms with Crippen molar-refractivity contribution in [3.05, 3.63) is 29.3 Å². The molecule has 1 aromatic rings. The van der Waals surface area contributed by atoms with E-state index in [1.54, 1.807) is 6.07 Å². The summed E-state index contributed by atoms with van der Waals surface area (Å²) in [6, 6.07) is 4.43. The van der Waals surface area contributed by atoms with Gasteiger partial charge in [0.25, 0.3) is 0 Å². The van der Waals surface area contributed by atoms with E-state index in [0.717, 1.165) is 5.56 Å². The fourth-order valence-electron chi connectivity index (χ4n) is 2.28. The molecule has 0 fully saturated rings. The van der Waals surface area contributed by atoms with Gasteiger partial charge in [-0.1, -0.05) is 6.07 Å². The lowest BCUT2D eigenvalue weighted by Crippen LogP contribution is -2.44. The fraction of sp³-hybridized carbons (Fsp3) is 0.357. The predicted octanol–water partition coefficient (Wildman–Crippen LogP) is 0.545. The number of benzene rings is 1. The number of carboxylic acids is 1. The Balaban J connectivity index is 2.21. The van der Waals surface area contributed by atoms with Gasteiger partial charge in [-0.25, -0.2) is 9.59 Å². The van der Waals surface area contributed by atoms with E-state index in [9.17, 15) is 14.4 Å². The van der Waals surface area contributed by atoms with Gasteiger partial charge in [-0.15, -0.1) is 0 Å². The second kappa shape index (κ2) is 5.82. The maximum absolute atomic E-state index is 12.4. The van der Waals surface area contributed by atoms with Crippen LogP contribution in [-0.4, -0.2) is 55.1 Å². The van der Waals surface area contributed by atoms with E-state index in [4.69, 9.17) is 5.11 Å². The molecule has 0 aromatic heterocycles. The Morgan fingerprint density at radius 3 is 2.71 bits per heavy atom. The number of nitrogens with one attached hydrogen (secondary N) is 1. The van der Waals surface area contributed by atoms with Crippen molar-refractivity contribution < 1.29 is 19.5 Å². The lowest BCUT2D eigenvalue weighted by Gasteiger charge is -2.24. The van der Waals surface area contributed by atoms with Gasteiger partial charge in [-0.05, 0) is 24.1 Å². The summed E-state index contributed by atoms with van der Waals surface area (Å²) in [5.74, 6) is -1.29. The molecule has 112 valence electrons. The average molecular weight is 291 g/mol. The quantitative estimate of drug-likeness (QED) is 0.850. The van der Waals surface area contributed by atoms with Crippen LogP contribution >= 0.6 is 0 Å². The minimum Gasteiger partial charge on any atom is -0.478 e. The molecule has 0 atom stereocenters. The van der Waals surface area contributed by atoms with Crippen molar-refractivity contribution >= 4 is 23.6 Å². The molecule has 2 rings (SSSR count). The molecule has 21 heavy (non-hydrogen) atoms. The molecule has 3 amide bonds. The number of amides is 3. The maximum Gasteiger partial charge on any atom is 0.335 e. The Morgan fingerprint density at radius 2 is 2.10 bits per heavy atom. The molecule has 0 spiro atoms. The first-order valence-electron chi connectivity index (χ1n) is 6.53. The SMILES string of the molecule is CNC(=O)CN(C)C(=O)N1CCc2ccc(C(=O)O)cc21. The van der Waals surface area contributed by atoms with Crippen molar-refractivity contribution in [1.82, 2.24) is 10.2 Å². The monoisotopic (exact) mass is 291 g/mol. The third-order valence-electron chi connectivity index (χ3n) is 3.44. The largest absolute Gasteiger partial charge is 0.478 e. The first kappa shape index (κ1) is 14.8. The van der Waals surface area contributed by atoms with Gasteiger partial charge >= 0.3 is 12.0 Å². The number of hydrogen-bond acceptors (Lipinski definition) is 3. The van der Waals surface area contributed by atoms with E-state index in [1.807, 2.05) is 0 Å². The maximum atomic E-state index is 12.4. The zero-order valence-electron chi connectivity index (χ0n) is 11.9. The number of carboxylic acid groups (broad SMARTS) is 1. The predicted molar refractivity (Wildman–Crippen MR) is 76.5 cm³/mol. The Hall–Kier alpha value is -2.57. The minimum atomic E-state index is -1.03. The molecule has 0 unspecified atom stereocenters. The molecule has 7 heteroatoms. The van der Waals surface area contributed by atoms with E-state index in [-0.39, 0.29) is 24.0 Å². The van der Waals surface area contributed by atoms with Crippen molar-refractivity contribution in [3.8, 4) is 0 Å². The number of nitrogens with zero attached hydrogens (tertiary/aromatic N) is 2. The van der Waals surface area contributed by atoms with Crippen molar-refractivity contribution in [2.75, 3.05) is 32.1 Å². The number of rotatable bonds is 3. The summed E-state index contributed by atoms with van der Waals surface area (Å²) in [4.78, 5) is 37.5. The van der Waals surface area contributed by atoms with Crippen molar-refractivity contribution in [2.24, 2.45) is 0 Å². The normalized spacial score (nSPS) is 12.8. The number of hydrogen-bond donors (Lipinski definition) is 2. The fourth-order valence-corrected chi connectivity index (χ4v) is 2.28. The van der Waals surface area contributed by atoms with Crippen LogP contribution < -0.4 is 10.2 Å². The number of likely N-dealkylation sites (N-methyl/N-ethyl adjacent to an activating group) is 2. The Labute approximate surface area is 122 Å². The van der Waals surface area contributed by atoms with Crippen molar-refractivity contribution in [1.29, 1.82) is 0 Å². The molecule has 1 heterocycles. The lowest BCUT2D eigenvalue weighted by molar-refractivity contribution is -0.120. The van der Waals surface area contributed by atoms with E-state index >= 15 is 0 Å². The molecule has 0 bridgehead atoms. The van der Waals surface area contributed by atoms with Crippen LogP contribution in [0.4, 0.5) is 10.5 Å². The highest BCUT2D eigenvalue weighted by Crippen LogP contribution is 2.29. The molecule has 2 N–H and O–H groups in total. The Kier molecular flexibility index (Phi) is 4.11. The Bertz CT molecular complexity index is 600. The highest BCUT2D eigenvalue weighted by molar-refractivity contribution is 5.98. The molecule has 1 aromatic carbocycles. The molecule has 7 nitrogen and oxygen atoms in total. The zero-order valence-corrected chi connectivity index (χ0v) is 11.9. The number of carbonyl (C=O) groups is 3. The van der Waals surface area contributed by atoms with Crippen LogP contribution in [0, 0.1) is 0 Å². The smallest absolute Gasteiger partial charge is 0.335 e. The van der Waals surface area contributed by atoms with Crippen LogP contribution in [0.2, 0.25) is 0 Å². The number of aromatic carboxylic acids is 1. The van der Waals surface area contributed by atoms with E-state index in [1.165, 1.54) is 36.0 Å². The number of fused-ring (bicyclic) bond motifs is 1.